The molecule has 4 nitrogen and oxygen atoms in total. The quantitative estimate of drug-likeness (QED) is 0.613. The summed E-state index contributed by atoms with van der Waals surface area (Å²) in [6, 6.07) is 3.55. The number of hydrogen-bond donors (Lipinski definition) is 0. The third-order valence-corrected chi connectivity index (χ3v) is 3.14. The van der Waals surface area contributed by atoms with Gasteiger partial charge < -0.3 is 4.90 Å². The van der Waals surface area contributed by atoms with Crippen molar-refractivity contribution < 1.29 is 4.92 Å². The van der Waals surface area contributed by atoms with E-state index in [2.05, 4.69) is 20.8 Å². The van der Waals surface area contributed by atoms with E-state index in [9.17, 15) is 10.1 Å². The van der Waals surface area contributed by atoms with Gasteiger partial charge in [-0.2, -0.15) is 0 Å². The predicted octanol–water partition coefficient (Wildman–Crippen LogP) is 2.74. The normalized spacial score (nSPS) is 14.1. The number of anilines is 1. The number of likely N-dealkylation sites (N-methyl/N-ethyl adjacent to an activating group) is 1. The van der Waals surface area contributed by atoms with E-state index >= 15 is 0 Å². The number of halogens is 1. The average Bonchev–Trinajstić information content (AvgIpc) is 2.58. The Morgan fingerprint density at radius 1 is 1.60 bits per heavy atom. The summed E-state index contributed by atoms with van der Waals surface area (Å²) in [6.45, 7) is 3.71. The zero-order valence-electron chi connectivity index (χ0n) is 8.36. The van der Waals surface area contributed by atoms with Gasteiger partial charge in [0.15, 0.2) is 0 Å². The molecule has 0 radical (unpaired) electrons. The molecule has 2 rings (SSSR count). The van der Waals surface area contributed by atoms with Crippen molar-refractivity contribution in [3.63, 3.8) is 0 Å². The second-order valence-electron chi connectivity index (χ2n) is 3.52. The van der Waals surface area contributed by atoms with Crippen LogP contribution >= 0.6 is 15.9 Å². The first-order valence-corrected chi connectivity index (χ1v) is 5.64. The van der Waals surface area contributed by atoms with Crippen molar-refractivity contribution in [2.45, 2.75) is 13.3 Å². The van der Waals surface area contributed by atoms with Gasteiger partial charge in [-0.3, -0.25) is 10.1 Å². The smallest absolute Gasteiger partial charge is 0.293 e. The fourth-order valence-electron chi connectivity index (χ4n) is 2.02. The molecular weight excluding hydrogens is 260 g/mol. The lowest BCUT2D eigenvalue weighted by atomic mass is 10.1. The van der Waals surface area contributed by atoms with Crippen LogP contribution in [0.25, 0.3) is 0 Å². The van der Waals surface area contributed by atoms with Crippen molar-refractivity contribution in [2.75, 3.05) is 18.0 Å². The number of rotatable bonds is 2. The molecule has 15 heavy (non-hydrogen) atoms. The molecule has 1 aromatic rings. The molecule has 5 heteroatoms. The molecule has 1 aliphatic heterocycles. The molecule has 0 spiro atoms. The predicted molar refractivity (Wildman–Crippen MR) is 62.4 cm³/mol. The molecule has 0 fully saturated rings. The summed E-state index contributed by atoms with van der Waals surface area (Å²) < 4.78 is 0.783. The SMILES string of the molecule is CCN1CCc2cc(Br)cc([N+](=O)[O-])c21. The minimum Gasteiger partial charge on any atom is -0.366 e. The van der Waals surface area contributed by atoms with Crippen LogP contribution in [0.5, 0.6) is 0 Å². The molecule has 0 amide bonds. The van der Waals surface area contributed by atoms with E-state index in [1.165, 1.54) is 0 Å². The Hall–Kier alpha value is -1.10. The molecule has 1 heterocycles. The molecular formula is C10H11BrN2O2. The van der Waals surface area contributed by atoms with Gasteiger partial charge in [0.1, 0.15) is 5.69 Å². The lowest BCUT2D eigenvalue weighted by Crippen LogP contribution is -2.20. The summed E-state index contributed by atoms with van der Waals surface area (Å²) in [6.07, 6.45) is 0.892. The van der Waals surface area contributed by atoms with E-state index in [0.717, 1.165) is 35.2 Å². The number of nitro groups is 1. The Bertz CT molecular complexity index is 420. The maximum Gasteiger partial charge on any atom is 0.293 e. The zero-order chi connectivity index (χ0) is 11.0. The van der Waals surface area contributed by atoms with E-state index in [1.54, 1.807) is 6.07 Å². The van der Waals surface area contributed by atoms with Crippen LogP contribution in [0.2, 0.25) is 0 Å². The minimum absolute atomic E-state index is 0.207. The summed E-state index contributed by atoms with van der Waals surface area (Å²) in [5.41, 5.74) is 2.07. The van der Waals surface area contributed by atoms with Crippen molar-refractivity contribution in [2.24, 2.45) is 0 Å². The van der Waals surface area contributed by atoms with Gasteiger partial charge in [-0.25, -0.2) is 0 Å². The van der Waals surface area contributed by atoms with E-state index in [0.29, 0.717) is 0 Å². The number of benzene rings is 1. The van der Waals surface area contributed by atoms with Gasteiger partial charge in [-0.15, -0.1) is 0 Å². The van der Waals surface area contributed by atoms with Crippen LogP contribution < -0.4 is 4.90 Å². The van der Waals surface area contributed by atoms with E-state index in [1.807, 2.05) is 13.0 Å². The fraction of sp³-hybridized carbons (Fsp3) is 0.400. The van der Waals surface area contributed by atoms with Crippen LogP contribution in [0.15, 0.2) is 16.6 Å². The van der Waals surface area contributed by atoms with Gasteiger partial charge in [-0.1, -0.05) is 15.9 Å². The third kappa shape index (κ3) is 1.71. The third-order valence-electron chi connectivity index (χ3n) is 2.68. The molecule has 0 N–H and O–H groups in total. The highest BCUT2D eigenvalue weighted by Gasteiger charge is 2.27. The second-order valence-corrected chi connectivity index (χ2v) is 4.44. The molecule has 80 valence electrons. The van der Waals surface area contributed by atoms with Gasteiger partial charge in [0.05, 0.1) is 4.92 Å². The van der Waals surface area contributed by atoms with Gasteiger partial charge in [0.2, 0.25) is 0 Å². The monoisotopic (exact) mass is 270 g/mol. The second kappa shape index (κ2) is 3.81. The standard InChI is InChI=1S/C10H11BrN2O2/c1-2-12-4-3-7-5-8(11)6-9(10(7)12)13(14)15/h5-6H,2-4H2,1H3. The van der Waals surface area contributed by atoms with Crippen LogP contribution in [0.1, 0.15) is 12.5 Å². The van der Waals surface area contributed by atoms with Crippen LogP contribution in [0, 0.1) is 10.1 Å². The Morgan fingerprint density at radius 3 is 2.93 bits per heavy atom. The fourth-order valence-corrected chi connectivity index (χ4v) is 2.51. The summed E-state index contributed by atoms with van der Waals surface area (Å²) in [7, 11) is 0. The number of nitro benzene ring substituents is 1. The molecule has 0 saturated heterocycles. The Labute approximate surface area is 96.2 Å². The summed E-state index contributed by atoms with van der Waals surface area (Å²) in [4.78, 5) is 12.7. The zero-order valence-corrected chi connectivity index (χ0v) is 9.95. The maximum atomic E-state index is 10.9. The van der Waals surface area contributed by atoms with Crippen molar-refractivity contribution in [1.82, 2.24) is 0 Å². The van der Waals surface area contributed by atoms with Gasteiger partial charge in [0, 0.05) is 23.6 Å². The summed E-state index contributed by atoms with van der Waals surface area (Å²) in [5.74, 6) is 0. The van der Waals surface area contributed by atoms with E-state index < -0.39 is 0 Å². The highest BCUT2D eigenvalue weighted by molar-refractivity contribution is 9.10. The minimum atomic E-state index is -0.308. The van der Waals surface area contributed by atoms with Crippen molar-refractivity contribution in [3.8, 4) is 0 Å². The lowest BCUT2D eigenvalue weighted by Gasteiger charge is -2.16. The van der Waals surface area contributed by atoms with Crippen molar-refractivity contribution in [1.29, 1.82) is 0 Å². The van der Waals surface area contributed by atoms with Crippen LogP contribution in [0.3, 0.4) is 0 Å². The Balaban J connectivity index is 2.59. The van der Waals surface area contributed by atoms with Gasteiger partial charge >= 0.3 is 0 Å². The first-order valence-electron chi connectivity index (χ1n) is 4.85. The molecule has 0 atom stereocenters. The van der Waals surface area contributed by atoms with Gasteiger partial charge in [0.25, 0.3) is 5.69 Å². The first kappa shape index (κ1) is 10.4. The van der Waals surface area contributed by atoms with Crippen LogP contribution in [0.4, 0.5) is 11.4 Å². The lowest BCUT2D eigenvalue weighted by molar-refractivity contribution is -0.384. The molecule has 0 unspecified atom stereocenters. The number of hydrogen-bond acceptors (Lipinski definition) is 3. The van der Waals surface area contributed by atoms with E-state index in [-0.39, 0.29) is 10.6 Å². The maximum absolute atomic E-state index is 10.9. The Morgan fingerprint density at radius 2 is 2.33 bits per heavy atom. The molecule has 1 aliphatic rings. The van der Waals surface area contributed by atoms with Gasteiger partial charge in [-0.05, 0) is 25.0 Å². The van der Waals surface area contributed by atoms with E-state index in [4.69, 9.17) is 0 Å². The summed E-state index contributed by atoms with van der Waals surface area (Å²) in [5, 5.41) is 10.9. The van der Waals surface area contributed by atoms with Crippen LogP contribution in [-0.4, -0.2) is 18.0 Å². The summed E-state index contributed by atoms with van der Waals surface area (Å²) >= 11 is 3.30. The first-order chi connectivity index (χ1) is 7.13. The highest BCUT2D eigenvalue weighted by atomic mass is 79.9. The van der Waals surface area contributed by atoms with Crippen LogP contribution in [-0.2, 0) is 6.42 Å². The average molecular weight is 271 g/mol. The van der Waals surface area contributed by atoms with Crippen molar-refractivity contribution in [3.05, 3.63) is 32.3 Å². The number of fused-ring (bicyclic) bond motifs is 1. The molecule has 0 saturated carbocycles. The largest absolute Gasteiger partial charge is 0.366 e. The molecule has 0 aliphatic carbocycles. The highest BCUT2D eigenvalue weighted by Crippen LogP contribution is 2.39. The molecule has 1 aromatic carbocycles. The van der Waals surface area contributed by atoms with Crippen molar-refractivity contribution >= 4 is 27.3 Å². The Kier molecular flexibility index (Phi) is 2.65. The number of nitrogens with zero attached hydrogens (tertiary/aromatic N) is 2. The molecule has 0 bridgehead atoms. The molecule has 0 aromatic heterocycles. The topological polar surface area (TPSA) is 46.4 Å².